The molecule has 0 bridgehead atoms. The van der Waals surface area contributed by atoms with Crippen LogP contribution in [0, 0.1) is 0 Å². The summed E-state index contributed by atoms with van der Waals surface area (Å²) in [5.74, 6) is -1.33. The fraction of sp³-hybridized carbons (Fsp3) is 0.250. The smallest absolute Gasteiger partial charge is 0.356 e. The summed E-state index contributed by atoms with van der Waals surface area (Å²) in [6.45, 7) is 3.36. The Morgan fingerprint density at radius 2 is 2.36 bits per heavy atom. The van der Waals surface area contributed by atoms with Crippen molar-refractivity contribution in [1.82, 2.24) is 10.2 Å². The van der Waals surface area contributed by atoms with Crippen LogP contribution in [-0.4, -0.2) is 21.3 Å². The molecule has 0 saturated heterocycles. The summed E-state index contributed by atoms with van der Waals surface area (Å²) in [5, 5.41) is 13.9. The van der Waals surface area contributed by atoms with Crippen molar-refractivity contribution < 1.29 is 18.7 Å². The van der Waals surface area contributed by atoms with Gasteiger partial charge in [0.25, 0.3) is 6.43 Å². The van der Waals surface area contributed by atoms with E-state index in [0.29, 0.717) is 0 Å². The normalized spacial score (nSPS) is 10.5. The first kappa shape index (κ1) is 10.4. The molecule has 76 valence electrons. The van der Waals surface area contributed by atoms with E-state index in [1.807, 2.05) is 5.10 Å². The third-order valence-corrected chi connectivity index (χ3v) is 1.67. The predicted octanol–water partition coefficient (Wildman–Crippen LogP) is 1.77. The van der Waals surface area contributed by atoms with Crippen molar-refractivity contribution in [1.29, 1.82) is 0 Å². The van der Waals surface area contributed by atoms with Crippen molar-refractivity contribution >= 4 is 5.97 Å². The fourth-order valence-corrected chi connectivity index (χ4v) is 1.09. The van der Waals surface area contributed by atoms with Gasteiger partial charge in [0.2, 0.25) is 0 Å². The number of hydrogen-bond donors (Lipinski definition) is 2. The van der Waals surface area contributed by atoms with Crippen LogP contribution in [0.15, 0.2) is 12.7 Å². The molecule has 2 N–H and O–H groups in total. The molecule has 0 aromatic carbocycles. The van der Waals surface area contributed by atoms with Gasteiger partial charge in [-0.3, -0.25) is 5.10 Å². The zero-order valence-corrected chi connectivity index (χ0v) is 7.13. The highest BCUT2D eigenvalue weighted by Gasteiger charge is 2.22. The van der Waals surface area contributed by atoms with Gasteiger partial charge in [0.05, 0.1) is 0 Å². The van der Waals surface area contributed by atoms with Crippen LogP contribution in [0.1, 0.15) is 28.2 Å². The summed E-state index contributed by atoms with van der Waals surface area (Å²) in [4.78, 5) is 10.6. The number of nitrogens with one attached hydrogen (secondary N) is 1. The molecule has 0 saturated carbocycles. The number of carboxylic acid groups (broad SMARTS) is 1. The molecule has 0 unspecified atom stereocenters. The first-order valence-corrected chi connectivity index (χ1v) is 3.77. The number of aromatic amines is 1. The Labute approximate surface area is 78.3 Å². The summed E-state index contributed by atoms with van der Waals surface area (Å²) >= 11 is 0. The van der Waals surface area contributed by atoms with Crippen molar-refractivity contribution in [2.24, 2.45) is 0 Å². The van der Waals surface area contributed by atoms with Crippen molar-refractivity contribution in [3.8, 4) is 0 Å². The van der Waals surface area contributed by atoms with Gasteiger partial charge in [0.15, 0.2) is 5.69 Å². The van der Waals surface area contributed by atoms with Crippen LogP contribution in [0.5, 0.6) is 0 Å². The minimum Gasteiger partial charge on any atom is -0.476 e. The van der Waals surface area contributed by atoms with Gasteiger partial charge in [0, 0.05) is 5.56 Å². The molecule has 0 aliphatic carbocycles. The standard InChI is InChI=1S/C8H8F2N2O2/c1-2-3-4-5(7(9)10)11-12-6(4)8(13)14/h2,7H,1,3H2,(H,11,12)(H,13,14). The van der Waals surface area contributed by atoms with Crippen LogP contribution in [0.4, 0.5) is 8.78 Å². The number of aromatic carboxylic acids is 1. The minimum absolute atomic E-state index is 0.0116. The van der Waals surface area contributed by atoms with Gasteiger partial charge in [0.1, 0.15) is 5.69 Å². The molecular formula is C8H8F2N2O2. The number of carboxylic acids is 1. The monoisotopic (exact) mass is 202 g/mol. The van der Waals surface area contributed by atoms with E-state index in [-0.39, 0.29) is 17.7 Å². The van der Waals surface area contributed by atoms with Crippen LogP contribution in [0.25, 0.3) is 0 Å². The highest BCUT2D eigenvalue weighted by molar-refractivity contribution is 5.87. The lowest BCUT2D eigenvalue weighted by molar-refractivity contribution is 0.0689. The Balaban J connectivity index is 3.19. The van der Waals surface area contributed by atoms with Crippen LogP contribution in [0.3, 0.4) is 0 Å². The molecule has 0 radical (unpaired) electrons. The van der Waals surface area contributed by atoms with Crippen LogP contribution < -0.4 is 0 Å². The van der Waals surface area contributed by atoms with E-state index in [1.165, 1.54) is 6.08 Å². The number of alkyl halides is 2. The fourth-order valence-electron chi connectivity index (χ4n) is 1.09. The highest BCUT2D eigenvalue weighted by Crippen LogP contribution is 2.23. The molecule has 14 heavy (non-hydrogen) atoms. The van der Waals surface area contributed by atoms with Crippen molar-refractivity contribution in [3.63, 3.8) is 0 Å². The molecule has 6 heteroatoms. The van der Waals surface area contributed by atoms with Crippen molar-refractivity contribution in [2.75, 3.05) is 0 Å². The lowest BCUT2D eigenvalue weighted by atomic mass is 10.1. The largest absolute Gasteiger partial charge is 0.476 e. The van der Waals surface area contributed by atoms with E-state index in [0.717, 1.165) is 0 Å². The molecule has 0 atom stereocenters. The van der Waals surface area contributed by atoms with E-state index in [9.17, 15) is 13.6 Å². The van der Waals surface area contributed by atoms with Crippen molar-refractivity contribution in [2.45, 2.75) is 12.8 Å². The van der Waals surface area contributed by atoms with Gasteiger partial charge >= 0.3 is 5.97 Å². The van der Waals surface area contributed by atoms with Gasteiger partial charge in [-0.2, -0.15) is 5.10 Å². The number of hydrogen-bond acceptors (Lipinski definition) is 2. The highest BCUT2D eigenvalue weighted by atomic mass is 19.3. The van der Waals surface area contributed by atoms with Gasteiger partial charge in [-0.25, -0.2) is 13.6 Å². The van der Waals surface area contributed by atoms with Crippen LogP contribution >= 0.6 is 0 Å². The van der Waals surface area contributed by atoms with Gasteiger partial charge in [-0.05, 0) is 6.42 Å². The second-order valence-electron chi connectivity index (χ2n) is 2.56. The maximum Gasteiger partial charge on any atom is 0.356 e. The second kappa shape index (κ2) is 3.99. The summed E-state index contributed by atoms with van der Waals surface area (Å²) < 4.78 is 24.7. The first-order chi connectivity index (χ1) is 6.57. The number of aromatic nitrogens is 2. The van der Waals surface area contributed by atoms with Gasteiger partial charge in [-0.15, -0.1) is 6.58 Å². The first-order valence-electron chi connectivity index (χ1n) is 3.77. The third kappa shape index (κ3) is 1.78. The molecule has 1 heterocycles. The Morgan fingerprint density at radius 1 is 1.71 bits per heavy atom. The molecule has 1 rings (SSSR count). The quantitative estimate of drug-likeness (QED) is 0.731. The number of halogens is 2. The molecule has 1 aromatic rings. The topological polar surface area (TPSA) is 66.0 Å². The Morgan fingerprint density at radius 3 is 2.79 bits per heavy atom. The Bertz CT molecular complexity index is 360. The lowest BCUT2D eigenvalue weighted by Gasteiger charge is -1.99. The van der Waals surface area contributed by atoms with Gasteiger partial charge < -0.3 is 5.11 Å². The average Bonchev–Trinajstić information content (AvgIpc) is 2.48. The molecule has 0 amide bonds. The molecule has 0 spiro atoms. The second-order valence-corrected chi connectivity index (χ2v) is 2.56. The van der Waals surface area contributed by atoms with E-state index in [4.69, 9.17) is 5.11 Å². The zero-order chi connectivity index (χ0) is 10.7. The van der Waals surface area contributed by atoms with Gasteiger partial charge in [-0.1, -0.05) is 6.08 Å². The summed E-state index contributed by atoms with van der Waals surface area (Å²) in [7, 11) is 0. The van der Waals surface area contributed by atoms with Crippen molar-refractivity contribution in [3.05, 3.63) is 29.6 Å². The molecule has 0 fully saturated rings. The zero-order valence-electron chi connectivity index (χ0n) is 7.13. The average molecular weight is 202 g/mol. The third-order valence-electron chi connectivity index (χ3n) is 1.67. The number of carbonyl (C=O) groups is 1. The summed E-state index contributed by atoms with van der Waals surface area (Å²) in [6.07, 6.45) is -1.36. The maximum absolute atomic E-state index is 12.3. The molecule has 1 aromatic heterocycles. The van der Waals surface area contributed by atoms with E-state index in [2.05, 4.69) is 11.7 Å². The SMILES string of the molecule is C=CCc1c(C(=O)O)n[nH]c1C(F)F. The predicted molar refractivity (Wildman–Crippen MR) is 44.4 cm³/mol. The van der Waals surface area contributed by atoms with E-state index in [1.54, 1.807) is 0 Å². The molecule has 4 nitrogen and oxygen atoms in total. The Hall–Kier alpha value is -1.72. The molecule has 0 aliphatic heterocycles. The number of allylic oxidation sites excluding steroid dienone is 1. The summed E-state index contributed by atoms with van der Waals surface area (Å²) in [5.41, 5.74) is -0.843. The maximum atomic E-state index is 12.3. The number of H-pyrrole nitrogens is 1. The molecular weight excluding hydrogens is 194 g/mol. The van der Waals surface area contributed by atoms with Crippen LogP contribution in [0.2, 0.25) is 0 Å². The van der Waals surface area contributed by atoms with E-state index < -0.39 is 18.1 Å². The molecule has 0 aliphatic rings. The van der Waals surface area contributed by atoms with Crippen LogP contribution in [-0.2, 0) is 6.42 Å². The number of nitrogens with zero attached hydrogens (tertiary/aromatic N) is 1. The lowest BCUT2D eigenvalue weighted by Crippen LogP contribution is -2.02. The summed E-state index contributed by atoms with van der Waals surface area (Å²) in [6, 6.07) is 0. The minimum atomic E-state index is -2.76. The van der Waals surface area contributed by atoms with E-state index >= 15 is 0 Å². The Kier molecular flexibility index (Phi) is 2.95. The number of rotatable bonds is 4.